The number of carbonyl (C=O) groups excluding carboxylic acids is 1. The summed E-state index contributed by atoms with van der Waals surface area (Å²) in [5.74, 6) is 0.402. The van der Waals surface area contributed by atoms with Crippen LogP contribution in [0.25, 0.3) is 0 Å². The lowest BCUT2D eigenvalue weighted by atomic mass is 9.95. The Labute approximate surface area is 95.2 Å². The number of rotatable bonds is 2. The van der Waals surface area contributed by atoms with Crippen molar-refractivity contribution in [3.8, 4) is 0 Å². The molecule has 0 spiro atoms. The van der Waals surface area contributed by atoms with Crippen LogP contribution in [0.2, 0.25) is 0 Å². The van der Waals surface area contributed by atoms with Gasteiger partial charge in [0.2, 0.25) is 0 Å². The molecule has 0 saturated carbocycles. The van der Waals surface area contributed by atoms with Crippen LogP contribution in [0.4, 0.5) is 4.79 Å². The minimum Gasteiger partial charge on any atom is -0.338 e. The number of nitrogens with zero attached hydrogens (tertiary/aromatic N) is 2. The van der Waals surface area contributed by atoms with E-state index in [2.05, 4.69) is 15.5 Å². The first kappa shape index (κ1) is 11.0. The molecular weight excluding hydrogens is 204 g/mol. The fourth-order valence-electron chi connectivity index (χ4n) is 2.17. The SMILES string of the molecule is CCNC(=O)N1CCCC(c2ccn[nH]2)C1. The van der Waals surface area contributed by atoms with Crippen molar-refractivity contribution in [2.45, 2.75) is 25.7 Å². The predicted octanol–water partition coefficient (Wildman–Crippen LogP) is 1.32. The lowest BCUT2D eigenvalue weighted by Crippen LogP contribution is -2.44. The van der Waals surface area contributed by atoms with Gasteiger partial charge in [-0.2, -0.15) is 5.10 Å². The van der Waals surface area contributed by atoms with Gasteiger partial charge in [0.05, 0.1) is 0 Å². The van der Waals surface area contributed by atoms with E-state index in [0.717, 1.165) is 31.6 Å². The van der Waals surface area contributed by atoms with Crippen LogP contribution in [-0.2, 0) is 0 Å². The number of aromatic amines is 1. The number of piperidine rings is 1. The number of likely N-dealkylation sites (tertiary alicyclic amines) is 1. The van der Waals surface area contributed by atoms with E-state index in [1.54, 1.807) is 6.20 Å². The highest BCUT2D eigenvalue weighted by Crippen LogP contribution is 2.24. The molecule has 1 aromatic rings. The molecule has 2 amide bonds. The molecule has 1 fully saturated rings. The maximum Gasteiger partial charge on any atom is 0.317 e. The van der Waals surface area contributed by atoms with Crippen molar-refractivity contribution in [2.24, 2.45) is 0 Å². The van der Waals surface area contributed by atoms with Crippen molar-refractivity contribution in [1.82, 2.24) is 20.4 Å². The maximum absolute atomic E-state index is 11.7. The van der Waals surface area contributed by atoms with Gasteiger partial charge in [-0.1, -0.05) is 0 Å². The molecule has 1 aromatic heterocycles. The largest absolute Gasteiger partial charge is 0.338 e. The summed E-state index contributed by atoms with van der Waals surface area (Å²) in [6.07, 6.45) is 3.94. The first-order valence-electron chi connectivity index (χ1n) is 5.83. The van der Waals surface area contributed by atoms with E-state index in [-0.39, 0.29) is 6.03 Å². The summed E-state index contributed by atoms with van der Waals surface area (Å²) in [6.45, 7) is 4.27. The number of H-pyrrole nitrogens is 1. The third-order valence-electron chi connectivity index (χ3n) is 3.00. The predicted molar refractivity (Wildman–Crippen MR) is 61.2 cm³/mol. The highest BCUT2D eigenvalue weighted by Gasteiger charge is 2.24. The van der Waals surface area contributed by atoms with Crippen LogP contribution in [0, 0.1) is 0 Å². The van der Waals surface area contributed by atoms with Gasteiger partial charge < -0.3 is 10.2 Å². The van der Waals surface area contributed by atoms with Crippen LogP contribution in [0.3, 0.4) is 0 Å². The third-order valence-corrected chi connectivity index (χ3v) is 3.00. The van der Waals surface area contributed by atoms with Crippen LogP contribution < -0.4 is 5.32 Å². The fraction of sp³-hybridized carbons (Fsp3) is 0.636. The number of urea groups is 1. The van der Waals surface area contributed by atoms with E-state index >= 15 is 0 Å². The first-order valence-corrected chi connectivity index (χ1v) is 5.83. The minimum atomic E-state index is 0.0479. The van der Waals surface area contributed by atoms with Gasteiger partial charge in [0.1, 0.15) is 0 Å². The van der Waals surface area contributed by atoms with Gasteiger partial charge >= 0.3 is 6.03 Å². The molecule has 5 nitrogen and oxygen atoms in total. The van der Waals surface area contributed by atoms with E-state index < -0.39 is 0 Å². The summed E-state index contributed by atoms with van der Waals surface area (Å²) in [7, 11) is 0. The highest BCUT2D eigenvalue weighted by molar-refractivity contribution is 5.74. The quantitative estimate of drug-likeness (QED) is 0.792. The van der Waals surface area contributed by atoms with Crippen LogP contribution in [0.15, 0.2) is 12.3 Å². The van der Waals surface area contributed by atoms with E-state index in [9.17, 15) is 4.79 Å². The van der Waals surface area contributed by atoms with E-state index in [1.165, 1.54) is 0 Å². The standard InChI is InChI=1S/C11H18N4O/c1-2-12-11(16)15-7-3-4-9(8-15)10-5-6-13-14-10/h5-6,9H,2-4,7-8H2,1H3,(H,12,16)(H,13,14). The fourth-order valence-corrected chi connectivity index (χ4v) is 2.17. The molecular formula is C11H18N4O. The average Bonchev–Trinajstić information content (AvgIpc) is 2.83. The van der Waals surface area contributed by atoms with Gasteiger partial charge in [0.25, 0.3) is 0 Å². The Morgan fingerprint density at radius 2 is 2.62 bits per heavy atom. The number of hydrogen-bond donors (Lipinski definition) is 2. The minimum absolute atomic E-state index is 0.0479. The van der Waals surface area contributed by atoms with Crippen molar-refractivity contribution in [3.63, 3.8) is 0 Å². The van der Waals surface area contributed by atoms with Crippen LogP contribution >= 0.6 is 0 Å². The molecule has 2 N–H and O–H groups in total. The molecule has 2 heterocycles. The lowest BCUT2D eigenvalue weighted by Gasteiger charge is -2.32. The van der Waals surface area contributed by atoms with Gasteiger partial charge in [0, 0.05) is 37.4 Å². The Morgan fingerprint density at radius 1 is 1.75 bits per heavy atom. The first-order chi connectivity index (χ1) is 7.81. The smallest absolute Gasteiger partial charge is 0.317 e. The molecule has 0 bridgehead atoms. The molecule has 2 rings (SSSR count). The molecule has 0 aromatic carbocycles. The number of amides is 2. The Morgan fingerprint density at radius 3 is 3.31 bits per heavy atom. The second-order valence-corrected chi connectivity index (χ2v) is 4.13. The van der Waals surface area contributed by atoms with Crippen molar-refractivity contribution in [3.05, 3.63) is 18.0 Å². The molecule has 1 saturated heterocycles. The van der Waals surface area contributed by atoms with Gasteiger partial charge in [-0.25, -0.2) is 4.79 Å². The Kier molecular flexibility index (Phi) is 3.44. The Bertz CT molecular complexity index is 336. The van der Waals surface area contributed by atoms with Crippen molar-refractivity contribution >= 4 is 6.03 Å². The summed E-state index contributed by atoms with van der Waals surface area (Å²) in [5, 5.41) is 9.79. The van der Waals surface area contributed by atoms with Crippen molar-refractivity contribution in [1.29, 1.82) is 0 Å². The number of aromatic nitrogens is 2. The summed E-state index contributed by atoms with van der Waals surface area (Å²) in [5.41, 5.74) is 1.13. The number of nitrogens with one attached hydrogen (secondary N) is 2. The van der Waals surface area contributed by atoms with E-state index in [0.29, 0.717) is 12.5 Å². The Balaban J connectivity index is 1.96. The topological polar surface area (TPSA) is 61.0 Å². The third kappa shape index (κ3) is 2.35. The van der Waals surface area contributed by atoms with Crippen LogP contribution in [-0.4, -0.2) is 40.8 Å². The zero-order valence-corrected chi connectivity index (χ0v) is 9.57. The molecule has 0 aliphatic carbocycles. The molecule has 1 unspecified atom stereocenters. The maximum atomic E-state index is 11.7. The molecule has 1 aliphatic heterocycles. The summed E-state index contributed by atoms with van der Waals surface area (Å²) in [4.78, 5) is 13.6. The zero-order valence-electron chi connectivity index (χ0n) is 9.57. The lowest BCUT2D eigenvalue weighted by molar-refractivity contribution is 0.179. The summed E-state index contributed by atoms with van der Waals surface area (Å²) >= 11 is 0. The van der Waals surface area contributed by atoms with Crippen LogP contribution in [0.1, 0.15) is 31.4 Å². The van der Waals surface area contributed by atoms with Gasteiger partial charge in [-0.15, -0.1) is 0 Å². The van der Waals surface area contributed by atoms with E-state index in [4.69, 9.17) is 0 Å². The number of hydrogen-bond acceptors (Lipinski definition) is 2. The zero-order chi connectivity index (χ0) is 11.4. The average molecular weight is 222 g/mol. The summed E-state index contributed by atoms with van der Waals surface area (Å²) in [6, 6.07) is 2.04. The van der Waals surface area contributed by atoms with Crippen LogP contribution in [0.5, 0.6) is 0 Å². The van der Waals surface area contributed by atoms with E-state index in [1.807, 2.05) is 17.9 Å². The highest BCUT2D eigenvalue weighted by atomic mass is 16.2. The normalized spacial score (nSPS) is 20.8. The van der Waals surface area contributed by atoms with Crippen molar-refractivity contribution < 1.29 is 4.79 Å². The molecule has 1 aliphatic rings. The molecule has 0 radical (unpaired) electrons. The monoisotopic (exact) mass is 222 g/mol. The van der Waals surface area contributed by atoms with Gasteiger partial charge in [-0.3, -0.25) is 5.10 Å². The molecule has 5 heteroatoms. The second kappa shape index (κ2) is 5.01. The molecule has 1 atom stereocenters. The number of carbonyl (C=O) groups is 1. The molecule has 16 heavy (non-hydrogen) atoms. The Hall–Kier alpha value is -1.52. The summed E-state index contributed by atoms with van der Waals surface area (Å²) < 4.78 is 0. The van der Waals surface area contributed by atoms with Gasteiger partial charge in [-0.05, 0) is 25.8 Å². The van der Waals surface area contributed by atoms with Gasteiger partial charge in [0.15, 0.2) is 0 Å². The second-order valence-electron chi connectivity index (χ2n) is 4.13. The van der Waals surface area contributed by atoms with Crippen molar-refractivity contribution in [2.75, 3.05) is 19.6 Å². The molecule has 88 valence electrons.